The average molecular weight is 276 g/mol. The average Bonchev–Trinajstić information content (AvgIpc) is 2.76. The number of amides is 3. The third kappa shape index (κ3) is 2.67. The van der Waals surface area contributed by atoms with Gasteiger partial charge in [0.1, 0.15) is 0 Å². The van der Waals surface area contributed by atoms with Crippen molar-refractivity contribution in [1.82, 2.24) is 10.6 Å². The molecule has 0 aromatic heterocycles. The molecule has 20 heavy (non-hydrogen) atoms. The Morgan fingerprint density at radius 2 is 1.80 bits per heavy atom. The molecule has 1 unspecified atom stereocenters. The van der Waals surface area contributed by atoms with E-state index in [4.69, 9.17) is 4.74 Å². The molecule has 1 heterocycles. The van der Waals surface area contributed by atoms with Crippen molar-refractivity contribution in [3.63, 3.8) is 0 Å². The van der Waals surface area contributed by atoms with Crippen molar-refractivity contribution in [2.45, 2.75) is 38.3 Å². The van der Waals surface area contributed by atoms with E-state index >= 15 is 0 Å². The molecule has 1 fully saturated rings. The van der Waals surface area contributed by atoms with Crippen molar-refractivity contribution in [3.05, 3.63) is 35.9 Å². The summed E-state index contributed by atoms with van der Waals surface area (Å²) in [7, 11) is 0. The van der Waals surface area contributed by atoms with Crippen molar-refractivity contribution in [2.24, 2.45) is 0 Å². The lowest BCUT2D eigenvalue weighted by Crippen LogP contribution is -2.48. The molecule has 108 valence electrons. The minimum Gasteiger partial charge on any atom is -0.375 e. The summed E-state index contributed by atoms with van der Waals surface area (Å²) >= 11 is 0. The van der Waals surface area contributed by atoms with Crippen molar-refractivity contribution in [2.75, 3.05) is 6.61 Å². The van der Waals surface area contributed by atoms with E-state index < -0.39 is 11.6 Å². The van der Waals surface area contributed by atoms with E-state index in [1.54, 1.807) is 0 Å². The number of hydrogen-bond acceptors (Lipinski definition) is 3. The van der Waals surface area contributed by atoms with E-state index in [1.165, 1.54) is 0 Å². The van der Waals surface area contributed by atoms with Gasteiger partial charge in [-0.15, -0.1) is 0 Å². The molecule has 0 spiro atoms. The molecule has 0 aliphatic carbocycles. The van der Waals surface area contributed by atoms with Crippen LogP contribution in [0.3, 0.4) is 0 Å². The maximum absolute atomic E-state index is 12.2. The van der Waals surface area contributed by atoms with Crippen molar-refractivity contribution in [3.8, 4) is 0 Å². The molecular formula is C15H20N2O3. The Morgan fingerprint density at radius 1 is 1.15 bits per heavy atom. The van der Waals surface area contributed by atoms with Crippen LogP contribution in [-0.2, 0) is 15.1 Å². The van der Waals surface area contributed by atoms with E-state index in [0.717, 1.165) is 18.4 Å². The Hall–Kier alpha value is -1.88. The molecule has 5 nitrogen and oxygen atoms in total. The van der Waals surface area contributed by atoms with Crippen LogP contribution < -0.4 is 10.6 Å². The zero-order valence-electron chi connectivity index (χ0n) is 11.8. The summed E-state index contributed by atoms with van der Waals surface area (Å²) in [6.07, 6.45) is 1.83. The van der Waals surface area contributed by atoms with Gasteiger partial charge in [0.25, 0.3) is 5.91 Å². The summed E-state index contributed by atoms with van der Waals surface area (Å²) in [4.78, 5) is 23.7. The highest BCUT2D eigenvalue weighted by Gasteiger charge is 2.48. The molecule has 1 atom stereocenters. The van der Waals surface area contributed by atoms with Gasteiger partial charge < -0.3 is 10.1 Å². The molecule has 2 rings (SSSR count). The molecule has 1 aromatic carbocycles. The molecule has 5 heteroatoms. The Kier molecular flexibility index (Phi) is 4.39. The van der Waals surface area contributed by atoms with Gasteiger partial charge in [-0.1, -0.05) is 44.2 Å². The number of hydrogen-bond donors (Lipinski definition) is 2. The van der Waals surface area contributed by atoms with Gasteiger partial charge in [0.2, 0.25) is 0 Å². The van der Waals surface area contributed by atoms with Crippen LogP contribution in [-0.4, -0.2) is 24.6 Å². The van der Waals surface area contributed by atoms with Crippen LogP contribution in [0.1, 0.15) is 32.3 Å². The van der Waals surface area contributed by atoms with Crippen molar-refractivity contribution in [1.29, 1.82) is 0 Å². The zero-order valence-corrected chi connectivity index (χ0v) is 11.8. The molecule has 1 aromatic rings. The highest BCUT2D eigenvalue weighted by molar-refractivity contribution is 6.07. The van der Waals surface area contributed by atoms with Gasteiger partial charge in [-0.05, 0) is 18.4 Å². The number of rotatable bonds is 6. The number of nitrogens with one attached hydrogen (secondary N) is 2. The summed E-state index contributed by atoms with van der Waals surface area (Å²) in [6.45, 7) is 4.22. The van der Waals surface area contributed by atoms with E-state index in [-0.39, 0.29) is 18.6 Å². The normalized spacial score (nSPS) is 21.9. The smallest absolute Gasteiger partial charge is 0.322 e. The predicted octanol–water partition coefficient (Wildman–Crippen LogP) is 1.93. The Labute approximate surface area is 118 Å². The Morgan fingerprint density at radius 3 is 2.30 bits per heavy atom. The monoisotopic (exact) mass is 276 g/mol. The van der Waals surface area contributed by atoms with Gasteiger partial charge in [0.05, 0.1) is 12.7 Å². The maximum atomic E-state index is 12.2. The summed E-state index contributed by atoms with van der Waals surface area (Å²) < 4.78 is 5.83. The fraction of sp³-hybridized carbons (Fsp3) is 0.467. The quantitative estimate of drug-likeness (QED) is 0.780. The van der Waals surface area contributed by atoms with Crippen LogP contribution in [0.25, 0.3) is 0 Å². The number of ether oxygens (including phenoxy) is 1. The first-order chi connectivity index (χ1) is 9.62. The van der Waals surface area contributed by atoms with Gasteiger partial charge in [-0.3, -0.25) is 10.1 Å². The third-order valence-electron chi connectivity index (χ3n) is 3.65. The molecule has 0 saturated carbocycles. The van der Waals surface area contributed by atoms with Crippen LogP contribution in [0, 0.1) is 0 Å². The molecule has 3 amide bonds. The lowest BCUT2D eigenvalue weighted by atomic mass is 9.91. The molecule has 0 bridgehead atoms. The van der Waals surface area contributed by atoms with Crippen LogP contribution in [0.15, 0.2) is 30.3 Å². The Balaban J connectivity index is 2.26. The molecule has 2 N–H and O–H groups in total. The van der Waals surface area contributed by atoms with Gasteiger partial charge in [-0.25, -0.2) is 4.79 Å². The number of carbonyl (C=O) groups is 2. The Bertz CT molecular complexity index is 485. The summed E-state index contributed by atoms with van der Waals surface area (Å²) in [6, 6.07) is 8.71. The molecule has 1 aliphatic heterocycles. The van der Waals surface area contributed by atoms with Crippen LogP contribution in [0.5, 0.6) is 0 Å². The first-order valence-corrected chi connectivity index (χ1v) is 6.93. The van der Waals surface area contributed by atoms with E-state index in [1.807, 2.05) is 44.2 Å². The van der Waals surface area contributed by atoms with E-state index in [9.17, 15) is 9.59 Å². The number of benzene rings is 1. The largest absolute Gasteiger partial charge is 0.375 e. The van der Waals surface area contributed by atoms with Gasteiger partial charge in [-0.2, -0.15) is 0 Å². The van der Waals surface area contributed by atoms with E-state index in [0.29, 0.717) is 0 Å². The summed E-state index contributed by atoms with van der Waals surface area (Å²) in [5.41, 5.74) is -0.393. The van der Waals surface area contributed by atoms with Gasteiger partial charge >= 0.3 is 6.03 Å². The maximum Gasteiger partial charge on any atom is 0.322 e. The lowest BCUT2D eigenvalue weighted by molar-refractivity contribution is -0.127. The minimum atomic E-state index is -1.12. The molecule has 1 aliphatic rings. The number of imide groups is 1. The van der Waals surface area contributed by atoms with Gasteiger partial charge in [0, 0.05) is 0 Å². The highest BCUT2D eigenvalue weighted by atomic mass is 16.5. The molecule has 0 radical (unpaired) electrons. The minimum absolute atomic E-state index is 0.0842. The standard InChI is InChI=1S/C15H20N2O3/c1-3-12(4-2)20-10-15(11-8-6-5-7-9-11)13(18)16-14(19)17-15/h5-9,12H,3-4,10H2,1-2H3,(H2,16,17,18,19). The summed E-state index contributed by atoms with van der Waals surface area (Å²) in [5, 5.41) is 5.01. The predicted molar refractivity (Wildman–Crippen MR) is 75.1 cm³/mol. The fourth-order valence-corrected chi connectivity index (χ4v) is 2.37. The summed E-state index contributed by atoms with van der Waals surface area (Å²) in [5.74, 6) is -0.361. The number of urea groups is 1. The molecule has 1 saturated heterocycles. The second kappa shape index (κ2) is 6.05. The second-order valence-corrected chi connectivity index (χ2v) is 4.93. The van der Waals surface area contributed by atoms with E-state index in [2.05, 4.69) is 10.6 Å². The highest BCUT2D eigenvalue weighted by Crippen LogP contribution is 2.26. The second-order valence-electron chi connectivity index (χ2n) is 4.93. The van der Waals surface area contributed by atoms with Crippen LogP contribution >= 0.6 is 0 Å². The van der Waals surface area contributed by atoms with Crippen LogP contribution in [0.4, 0.5) is 4.79 Å². The van der Waals surface area contributed by atoms with Gasteiger partial charge in [0.15, 0.2) is 5.54 Å². The SMILES string of the molecule is CCC(CC)OCC1(c2ccccc2)NC(=O)NC1=O. The third-order valence-corrected chi connectivity index (χ3v) is 3.65. The first-order valence-electron chi connectivity index (χ1n) is 6.93. The van der Waals surface area contributed by atoms with Crippen molar-refractivity contribution < 1.29 is 14.3 Å². The zero-order chi connectivity index (χ0) is 14.6. The topological polar surface area (TPSA) is 67.4 Å². The molecular weight excluding hydrogens is 256 g/mol. The first kappa shape index (κ1) is 14.5. The number of carbonyl (C=O) groups excluding carboxylic acids is 2. The lowest BCUT2D eigenvalue weighted by Gasteiger charge is -2.28. The van der Waals surface area contributed by atoms with Crippen LogP contribution in [0.2, 0.25) is 0 Å². The fourth-order valence-electron chi connectivity index (χ4n) is 2.37. The van der Waals surface area contributed by atoms with Crippen molar-refractivity contribution >= 4 is 11.9 Å².